The molecule has 2 N–H and O–H groups in total. The minimum atomic E-state index is 0.0929. The lowest BCUT2D eigenvalue weighted by molar-refractivity contribution is 0.267. The molecular formula is C14H9Cl3N2O2. The summed E-state index contributed by atoms with van der Waals surface area (Å²) < 4.78 is 11.1. The van der Waals surface area contributed by atoms with E-state index in [9.17, 15) is 0 Å². The van der Waals surface area contributed by atoms with E-state index in [4.69, 9.17) is 49.7 Å². The summed E-state index contributed by atoms with van der Waals surface area (Å²) >= 11 is 17.9. The summed E-state index contributed by atoms with van der Waals surface area (Å²) in [5.41, 5.74) is 7.60. The van der Waals surface area contributed by atoms with Gasteiger partial charge in [-0.3, -0.25) is 0 Å². The van der Waals surface area contributed by atoms with E-state index in [1.165, 1.54) is 0 Å². The molecule has 7 heteroatoms. The zero-order valence-electron chi connectivity index (χ0n) is 10.6. The number of nitrogens with two attached hydrogens (primary N) is 1. The number of ether oxygens (including phenoxy) is 1. The Labute approximate surface area is 135 Å². The first-order valence-corrected chi connectivity index (χ1v) is 7.08. The molecule has 0 saturated heterocycles. The van der Waals surface area contributed by atoms with Crippen LogP contribution in [0.1, 0.15) is 5.89 Å². The van der Waals surface area contributed by atoms with Crippen molar-refractivity contribution in [1.29, 1.82) is 0 Å². The highest BCUT2D eigenvalue weighted by Gasteiger charge is 2.12. The molecule has 0 bridgehead atoms. The van der Waals surface area contributed by atoms with Crippen molar-refractivity contribution >= 4 is 51.6 Å². The minimum Gasteiger partial charge on any atom is -0.481 e. The molecule has 21 heavy (non-hydrogen) atoms. The number of fused-ring (bicyclic) bond motifs is 1. The van der Waals surface area contributed by atoms with E-state index in [1.54, 1.807) is 30.3 Å². The number of benzene rings is 2. The van der Waals surface area contributed by atoms with Gasteiger partial charge < -0.3 is 14.9 Å². The summed E-state index contributed by atoms with van der Waals surface area (Å²) in [5.74, 6) is 0.738. The van der Waals surface area contributed by atoms with E-state index in [-0.39, 0.29) is 6.61 Å². The number of nitrogens with zero attached hydrogens (tertiary/aromatic N) is 1. The molecule has 0 spiro atoms. The molecule has 1 aromatic heterocycles. The number of halogens is 3. The van der Waals surface area contributed by atoms with Crippen LogP contribution in [0, 0.1) is 0 Å². The smallest absolute Gasteiger partial charge is 0.233 e. The Morgan fingerprint density at radius 3 is 2.52 bits per heavy atom. The highest BCUT2D eigenvalue weighted by molar-refractivity contribution is 6.40. The van der Waals surface area contributed by atoms with Crippen LogP contribution in [0.15, 0.2) is 34.7 Å². The molecular weight excluding hydrogens is 335 g/mol. The first-order chi connectivity index (χ1) is 10.0. The van der Waals surface area contributed by atoms with Gasteiger partial charge in [-0.25, -0.2) is 4.98 Å². The van der Waals surface area contributed by atoms with Crippen molar-refractivity contribution < 1.29 is 9.15 Å². The quantitative estimate of drug-likeness (QED) is 0.684. The Morgan fingerprint density at radius 2 is 1.81 bits per heavy atom. The number of hydrogen-bond donors (Lipinski definition) is 1. The molecule has 0 aliphatic heterocycles. The maximum atomic E-state index is 6.04. The molecule has 0 aliphatic carbocycles. The van der Waals surface area contributed by atoms with Gasteiger partial charge in [-0.15, -0.1) is 0 Å². The van der Waals surface area contributed by atoms with Gasteiger partial charge in [0.05, 0.1) is 10.0 Å². The van der Waals surface area contributed by atoms with E-state index >= 15 is 0 Å². The number of hydrogen-bond acceptors (Lipinski definition) is 4. The van der Waals surface area contributed by atoms with Gasteiger partial charge in [0.1, 0.15) is 5.52 Å². The lowest BCUT2D eigenvalue weighted by atomic mass is 10.3. The van der Waals surface area contributed by atoms with Gasteiger partial charge >= 0.3 is 0 Å². The van der Waals surface area contributed by atoms with Gasteiger partial charge in [-0.05, 0) is 24.3 Å². The van der Waals surface area contributed by atoms with Crippen LogP contribution in [-0.2, 0) is 6.61 Å². The molecule has 2 aromatic carbocycles. The first kappa shape index (κ1) is 14.3. The molecule has 0 amide bonds. The van der Waals surface area contributed by atoms with Gasteiger partial charge in [-0.1, -0.05) is 34.8 Å². The summed E-state index contributed by atoms with van der Waals surface area (Å²) in [6, 6.07) is 8.34. The fraction of sp³-hybridized carbons (Fsp3) is 0.0714. The number of oxazole rings is 1. The molecule has 1 heterocycles. The van der Waals surface area contributed by atoms with Gasteiger partial charge in [-0.2, -0.15) is 0 Å². The Kier molecular flexibility index (Phi) is 3.85. The van der Waals surface area contributed by atoms with Crippen LogP contribution in [0.5, 0.6) is 5.75 Å². The molecule has 0 fully saturated rings. The van der Waals surface area contributed by atoms with E-state index in [1.807, 2.05) is 0 Å². The number of anilines is 1. The zero-order valence-corrected chi connectivity index (χ0v) is 12.8. The minimum absolute atomic E-state index is 0.0929. The van der Waals surface area contributed by atoms with Crippen molar-refractivity contribution in [3.63, 3.8) is 0 Å². The van der Waals surface area contributed by atoms with Crippen molar-refractivity contribution in [3.05, 3.63) is 51.3 Å². The maximum absolute atomic E-state index is 6.04. The summed E-state index contributed by atoms with van der Waals surface area (Å²) in [5, 5.41) is 1.09. The molecule has 4 nitrogen and oxygen atoms in total. The van der Waals surface area contributed by atoms with Gasteiger partial charge in [0.2, 0.25) is 5.89 Å². The number of rotatable bonds is 3. The molecule has 0 atom stereocenters. The molecule has 3 aromatic rings. The summed E-state index contributed by atoms with van der Waals surface area (Å²) in [6.07, 6.45) is 0. The standard InChI is InChI=1S/C14H9Cl3N2O2/c15-7-3-9(16)14(10(17)4-7)20-6-13-19-11-2-1-8(18)5-12(11)21-13/h1-5H,6,18H2. The van der Waals surface area contributed by atoms with Crippen LogP contribution < -0.4 is 10.5 Å². The van der Waals surface area contributed by atoms with E-state index in [0.717, 1.165) is 0 Å². The van der Waals surface area contributed by atoms with Crippen molar-refractivity contribution in [1.82, 2.24) is 4.98 Å². The van der Waals surface area contributed by atoms with Crippen LogP contribution in [0.2, 0.25) is 15.1 Å². The Balaban J connectivity index is 1.83. The predicted octanol–water partition coefficient (Wildman–Crippen LogP) is 4.95. The Hall–Kier alpha value is -1.62. The fourth-order valence-corrected chi connectivity index (χ4v) is 2.78. The van der Waals surface area contributed by atoms with Crippen molar-refractivity contribution in [3.8, 4) is 5.75 Å². The molecule has 108 valence electrons. The van der Waals surface area contributed by atoms with Crippen LogP contribution in [-0.4, -0.2) is 4.98 Å². The average molecular weight is 344 g/mol. The second kappa shape index (κ2) is 5.64. The summed E-state index contributed by atoms with van der Waals surface area (Å²) in [7, 11) is 0. The number of nitrogen functional groups attached to an aromatic ring is 1. The third-order valence-electron chi connectivity index (χ3n) is 2.76. The van der Waals surface area contributed by atoms with Gasteiger partial charge in [0, 0.05) is 16.8 Å². The van der Waals surface area contributed by atoms with E-state index < -0.39 is 0 Å². The monoisotopic (exact) mass is 342 g/mol. The zero-order chi connectivity index (χ0) is 15.0. The largest absolute Gasteiger partial charge is 0.481 e. The maximum Gasteiger partial charge on any atom is 0.233 e. The second-order valence-corrected chi connectivity index (χ2v) is 5.57. The predicted molar refractivity (Wildman–Crippen MR) is 84.2 cm³/mol. The molecule has 0 saturated carbocycles. The lowest BCUT2D eigenvalue weighted by Crippen LogP contribution is -1.96. The number of aromatic nitrogens is 1. The summed E-state index contributed by atoms with van der Waals surface area (Å²) in [4.78, 5) is 4.29. The lowest BCUT2D eigenvalue weighted by Gasteiger charge is -2.08. The van der Waals surface area contributed by atoms with Crippen molar-refractivity contribution in [2.75, 3.05) is 5.73 Å². The van der Waals surface area contributed by atoms with Crippen LogP contribution in [0.3, 0.4) is 0 Å². The highest BCUT2D eigenvalue weighted by Crippen LogP contribution is 2.36. The molecule has 3 rings (SSSR count). The average Bonchev–Trinajstić information content (AvgIpc) is 2.79. The van der Waals surface area contributed by atoms with Crippen LogP contribution >= 0.6 is 34.8 Å². The SMILES string of the molecule is Nc1ccc2nc(COc3c(Cl)cc(Cl)cc3Cl)oc2c1. The Bertz CT molecular complexity index is 794. The van der Waals surface area contributed by atoms with Crippen molar-refractivity contribution in [2.45, 2.75) is 6.61 Å². The topological polar surface area (TPSA) is 61.3 Å². The second-order valence-electron chi connectivity index (χ2n) is 4.32. The molecule has 0 aliphatic rings. The molecule has 0 radical (unpaired) electrons. The normalized spacial score (nSPS) is 11.0. The first-order valence-electron chi connectivity index (χ1n) is 5.95. The Morgan fingerprint density at radius 1 is 1.10 bits per heavy atom. The third-order valence-corrected chi connectivity index (χ3v) is 3.54. The third kappa shape index (κ3) is 3.02. The fourth-order valence-electron chi connectivity index (χ4n) is 1.85. The van der Waals surface area contributed by atoms with Gasteiger partial charge in [0.15, 0.2) is 17.9 Å². The van der Waals surface area contributed by atoms with Crippen LogP contribution in [0.25, 0.3) is 11.1 Å². The van der Waals surface area contributed by atoms with Crippen LogP contribution in [0.4, 0.5) is 5.69 Å². The van der Waals surface area contributed by atoms with Gasteiger partial charge in [0.25, 0.3) is 0 Å². The summed E-state index contributed by atoms with van der Waals surface area (Å²) in [6.45, 7) is 0.0929. The highest BCUT2D eigenvalue weighted by atomic mass is 35.5. The van der Waals surface area contributed by atoms with E-state index in [2.05, 4.69) is 4.98 Å². The van der Waals surface area contributed by atoms with Crippen molar-refractivity contribution in [2.24, 2.45) is 0 Å². The molecule has 0 unspecified atom stereocenters. The van der Waals surface area contributed by atoms with E-state index in [0.29, 0.717) is 43.5 Å².